The second kappa shape index (κ2) is 8.39. The molecule has 0 aromatic heterocycles. The Kier molecular flexibility index (Phi) is 5.51. The zero-order chi connectivity index (χ0) is 18.8. The summed E-state index contributed by atoms with van der Waals surface area (Å²) in [6.07, 6.45) is 6.80. The van der Waals surface area contributed by atoms with Crippen LogP contribution in [0.3, 0.4) is 0 Å². The molecule has 2 aromatic rings. The molecule has 1 saturated carbocycles. The van der Waals surface area contributed by atoms with Crippen LogP contribution in [0.1, 0.15) is 48.3 Å². The zero-order valence-electron chi connectivity index (χ0n) is 17.1. The summed E-state index contributed by atoms with van der Waals surface area (Å²) >= 11 is 0. The molecule has 0 unspecified atom stereocenters. The van der Waals surface area contributed by atoms with E-state index in [2.05, 4.69) is 64.4 Å². The minimum absolute atomic E-state index is 0.776. The molecule has 2 saturated heterocycles. The summed E-state index contributed by atoms with van der Waals surface area (Å²) in [5.41, 5.74) is 4.57. The van der Waals surface area contributed by atoms with Gasteiger partial charge in [0, 0.05) is 26.2 Å². The molecule has 2 heteroatoms. The molecule has 2 aromatic carbocycles. The van der Waals surface area contributed by atoms with Gasteiger partial charge in [0.2, 0.25) is 0 Å². The van der Waals surface area contributed by atoms with Crippen LogP contribution in [0.5, 0.6) is 0 Å². The lowest BCUT2D eigenvalue weighted by Crippen LogP contribution is -2.22. The maximum Gasteiger partial charge on any atom is 0.0233 e. The predicted molar refractivity (Wildman–Crippen MR) is 116 cm³/mol. The van der Waals surface area contributed by atoms with E-state index in [1.165, 1.54) is 76.0 Å². The molecule has 2 aliphatic heterocycles. The van der Waals surface area contributed by atoms with Gasteiger partial charge in [0.15, 0.2) is 0 Å². The first-order valence-corrected chi connectivity index (χ1v) is 11.4. The van der Waals surface area contributed by atoms with Crippen molar-refractivity contribution < 1.29 is 0 Å². The van der Waals surface area contributed by atoms with Crippen molar-refractivity contribution in [2.45, 2.75) is 44.6 Å². The van der Waals surface area contributed by atoms with Crippen molar-refractivity contribution in [2.24, 2.45) is 11.8 Å². The molecule has 2 heterocycles. The fourth-order valence-corrected chi connectivity index (χ4v) is 5.97. The van der Waals surface area contributed by atoms with Gasteiger partial charge >= 0.3 is 0 Å². The highest BCUT2D eigenvalue weighted by Crippen LogP contribution is 2.47. The van der Waals surface area contributed by atoms with E-state index in [0.29, 0.717) is 0 Å². The van der Waals surface area contributed by atoms with Gasteiger partial charge in [-0.25, -0.2) is 0 Å². The molecule has 1 aliphatic carbocycles. The van der Waals surface area contributed by atoms with Crippen LogP contribution < -0.4 is 0 Å². The lowest BCUT2D eigenvalue weighted by molar-refractivity contribution is 0.298. The monoisotopic (exact) mass is 374 g/mol. The smallest absolute Gasteiger partial charge is 0.0233 e. The average Bonchev–Trinajstić information content (AvgIpc) is 3.45. The Bertz CT molecular complexity index is 748. The summed E-state index contributed by atoms with van der Waals surface area (Å²) < 4.78 is 0. The molecule has 0 spiro atoms. The van der Waals surface area contributed by atoms with Gasteiger partial charge in [-0.2, -0.15) is 0 Å². The molecule has 0 bridgehead atoms. The molecule has 2 nitrogen and oxygen atoms in total. The number of benzene rings is 2. The van der Waals surface area contributed by atoms with E-state index < -0.39 is 0 Å². The number of likely N-dealkylation sites (tertiary alicyclic amines) is 2. The summed E-state index contributed by atoms with van der Waals surface area (Å²) in [6.45, 7) is 7.55. The van der Waals surface area contributed by atoms with E-state index in [4.69, 9.17) is 0 Å². The van der Waals surface area contributed by atoms with Crippen molar-refractivity contribution in [3.8, 4) is 0 Å². The molecule has 0 N–H and O–H groups in total. The standard InChI is InChI=1S/C26H34N2/c1-2-6-22(7-3-1)18-28-19-24-12-13-25(26(24)20-28)23-10-8-21(9-11-23)14-17-27-15-4-5-16-27/h1-3,6-11,24-26H,4-5,12-20H2/t24-,25+,26+/m1/s1. The quantitative estimate of drug-likeness (QED) is 0.706. The Morgan fingerprint density at radius 1 is 0.750 bits per heavy atom. The summed E-state index contributed by atoms with van der Waals surface area (Å²) in [6, 6.07) is 20.7. The van der Waals surface area contributed by atoms with Crippen molar-refractivity contribution in [3.05, 3.63) is 71.3 Å². The van der Waals surface area contributed by atoms with E-state index >= 15 is 0 Å². The van der Waals surface area contributed by atoms with Crippen LogP contribution in [0, 0.1) is 11.8 Å². The predicted octanol–water partition coefficient (Wildman–Crippen LogP) is 4.95. The lowest BCUT2D eigenvalue weighted by Gasteiger charge is -2.21. The maximum atomic E-state index is 2.70. The number of rotatable bonds is 6. The second-order valence-corrected chi connectivity index (χ2v) is 9.33. The van der Waals surface area contributed by atoms with Gasteiger partial charge in [0.05, 0.1) is 0 Å². The third-order valence-electron chi connectivity index (χ3n) is 7.50. The van der Waals surface area contributed by atoms with Crippen LogP contribution in [-0.4, -0.2) is 42.5 Å². The number of nitrogens with zero attached hydrogens (tertiary/aromatic N) is 2. The van der Waals surface area contributed by atoms with Crippen LogP contribution >= 0.6 is 0 Å². The molecule has 148 valence electrons. The molecule has 3 fully saturated rings. The highest BCUT2D eigenvalue weighted by molar-refractivity contribution is 5.28. The zero-order valence-corrected chi connectivity index (χ0v) is 17.1. The second-order valence-electron chi connectivity index (χ2n) is 9.33. The van der Waals surface area contributed by atoms with Gasteiger partial charge in [-0.05, 0) is 79.6 Å². The van der Waals surface area contributed by atoms with Crippen molar-refractivity contribution in [2.75, 3.05) is 32.7 Å². The summed E-state index contributed by atoms with van der Waals surface area (Å²) in [5, 5.41) is 0. The summed E-state index contributed by atoms with van der Waals surface area (Å²) in [4.78, 5) is 5.32. The first-order chi connectivity index (χ1) is 13.8. The van der Waals surface area contributed by atoms with E-state index in [9.17, 15) is 0 Å². The van der Waals surface area contributed by atoms with Gasteiger partial charge in [-0.3, -0.25) is 4.90 Å². The molecule has 28 heavy (non-hydrogen) atoms. The van der Waals surface area contributed by atoms with Crippen LogP contribution in [0.4, 0.5) is 0 Å². The van der Waals surface area contributed by atoms with Crippen LogP contribution in [0.2, 0.25) is 0 Å². The third kappa shape index (κ3) is 4.04. The highest BCUT2D eigenvalue weighted by Gasteiger charge is 2.42. The Morgan fingerprint density at radius 3 is 2.32 bits per heavy atom. The minimum atomic E-state index is 0.776. The molecular weight excluding hydrogens is 340 g/mol. The summed E-state index contributed by atoms with van der Waals surface area (Å²) in [7, 11) is 0. The first-order valence-electron chi connectivity index (χ1n) is 11.4. The van der Waals surface area contributed by atoms with Crippen molar-refractivity contribution in [1.29, 1.82) is 0 Å². The Labute approximate surface area is 170 Å². The van der Waals surface area contributed by atoms with Crippen LogP contribution in [0.25, 0.3) is 0 Å². The fourth-order valence-electron chi connectivity index (χ4n) is 5.97. The van der Waals surface area contributed by atoms with Gasteiger partial charge in [0.1, 0.15) is 0 Å². The van der Waals surface area contributed by atoms with E-state index in [1.807, 2.05) is 0 Å². The SMILES string of the molecule is c1ccc(CN2C[C@H]3CC[C@@H](c4ccc(CCN5CCCC5)cc4)[C@H]3C2)cc1. The van der Waals surface area contributed by atoms with Crippen molar-refractivity contribution >= 4 is 0 Å². The van der Waals surface area contributed by atoms with Gasteiger partial charge < -0.3 is 4.90 Å². The first kappa shape index (κ1) is 18.4. The topological polar surface area (TPSA) is 6.48 Å². The molecule has 5 rings (SSSR count). The van der Waals surface area contributed by atoms with Crippen LogP contribution in [-0.2, 0) is 13.0 Å². The fraction of sp³-hybridized carbons (Fsp3) is 0.538. The number of fused-ring (bicyclic) bond motifs is 1. The summed E-state index contributed by atoms with van der Waals surface area (Å²) in [5.74, 6) is 2.54. The molecule has 0 radical (unpaired) electrons. The van der Waals surface area contributed by atoms with E-state index in [0.717, 1.165) is 24.3 Å². The lowest BCUT2D eigenvalue weighted by atomic mass is 9.86. The maximum absolute atomic E-state index is 2.70. The largest absolute Gasteiger partial charge is 0.303 e. The van der Waals surface area contributed by atoms with Gasteiger partial charge in [-0.1, -0.05) is 54.6 Å². The Balaban J connectivity index is 1.18. The normalized spacial score (nSPS) is 28.1. The van der Waals surface area contributed by atoms with Crippen molar-refractivity contribution in [3.63, 3.8) is 0 Å². The molecule has 3 aliphatic rings. The average molecular weight is 375 g/mol. The van der Waals surface area contributed by atoms with Gasteiger partial charge in [-0.15, -0.1) is 0 Å². The van der Waals surface area contributed by atoms with E-state index in [1.54, 1.807) is 5.56 Å². The number of hydrogen-bond donors (Lipinski definition) is 0. The molecule has 3 atom stereocenters. The van der Waals surface area contributed by atoms with E-state index in [-0.39, 0.29) is 0 Å². The van der Waals surface area contributed by atoms with Crippen LogP contribution in [0.15, 0.2) is 54.6 Å². The highest BCUT2D eigenvalue weighted by atomic mass is 15.2. The third-order valence-corrected chi connectivity index (χ3v) is 7.50. The van der Waals surface area contributed by atoms with Gasteiger partial charge in [0.25, 0.3) is 0 Å². The minimum Gasteiger partial charge on any atom is -0.303 e. The molecule has 0 amide bonds. The Morgan fingerprint density at radius 2 is 1.54 bits per heavy atom. The Hall–Kier alpha value is -1.64. The number of hydrogen-bond acceptors (Lipinski definition) is 2. The molecular formula is C26H34N2. The van der Waals surface area contributed by atoms with Crippen molar-refractivity contribution in [1.82, 2.24) is 9.80 Å².